The predicted octanol–water partition coefficient (Wildman–Crippen LogP) is 4.28. The van der Waals surface area contributed by atoms with Crippen molar-refractivity contribution in [3.63, 3.8) is 0 Å². The molecule has 1 amide bonds. The SMILES string of the molecule is CCc1nnc2sc(-c3ccc(C)c(NC(=O)c4ccc(C)cc4)c3)nn12. The molecule has 4 rings (SSSR count). The molecule has 0 fully saturated rings. The van der Waals surface area contributed by atoms with Crippen LogP contribution in [0.4, 0.5) is 5.69 Å². The second-order valence-corrected chi connectivity index (χ2v) is 7.38. The molecule has 0 radical (unpaired) electrons. The molecular weight excluding hydrogens is 358 g/mol. The van der Waals surface area contributed by atoms with Crippen molar-refractivity contribution in [1.29, 1.82) is 0 Å². The van der Waals surface area contributed by atoms with Gasteiger partial charge in [-0.3, -0.25) is 4.79 Å². The van der Waals surface area contributed by atoms with Crippen molar-refractivity contribution in [1.82, 2.24) is 19.8 Å². The highest BCUT2D eigenvalue weighted by Gasteiger charge is 2.14. The van der Waals surface area contributed by atoms with E-state index in [-0.39, 0.29) is 5.91 Å². The van der Waals surface area contributed by atoms with Crippen LogP contribution in [0.2, 0.25) is 0 Å². The van der Waals surface area contributed by atoms with Crippen molar-refractivity contribution in [3.8, 4) is 10.6 Å². The molecule has 136 valence electrons. The molecule has 0 saturated carbocycles. The molecule has 2 aromatic carbocycles. The average molecular weight is 377 g/mol. The maximum atomic E-state index is 12.6. The minimum Gasteiger partial charge on any atom is -0.322 e. The van der Waals surface area contributed by atoms with Crippen LogP contribution in [0.25, 0.3) is 15.5 Å². The third kappa shape index (κ3) is 3.33. The number of carbonyl (C=O) groups is 1. The van der Waals surface area contributed by atoms with Gasteiger partial charge in [0.05, 0.1) is 0 Å². The van der Waals surface area contributed by atoms with Crippen molar-refractivity contribution in [2.75, 3.05) is 5.32 Å². The number of nitrogens with one attached hydrogen (secondary N) is 1. The van der Waals surface area contributed by atoms with Gasteiger partial charge in [0.1, 0.15) is 5.01 Å². The zero-order valence-electron chi connectivity index (χ0n) is 15.4. The molecule has 6 nitrogen and oxygen atoms in total. The second kappa shape index (κ2) is 6.92. The van der Waals surface area contributed by atoms with E-state index >= 15 is 0 Å². The van der Waals surface area contributed by atoms with E-state index in [4.69, 9.17) is 0 Å². The van der Waals surface area contributed by atoms with Crippen LogP contribution in [0, 0.1) is 13.8 Å². The molecule has 4 aromatic rings. The summed E-state index contributed by atoms with van der Waals surface area (Å²) in [5, 5.41) is 16.8. The van der Waals surface area contributed by atoms with E-state index in [0.717, 1.165) is 44.6 Å². The monoisotopic (exact) mass is 377 g/mol. The van der Waals surface area contributed by atoms with E-state index in [2.05, 4.69) is 20.6 Å². The van der Waals surface area contributed by atoms with Crippen LogP contribution in [-0.2, 0) is 6.42 Å². The minimum absolute atomic E-state index is 0.123. The molecule has 2 aromatic heterocycles. The molecule has 1 N–H and O–H groups in total. The zero-order chi connectivity index (χ0) is 19.0. The largest absolute Gasteiger partial charge is 0.322 e. The molecule has 0 spiro atoms. The Kier molecular flexibility index (Phi) is 4.45. The van der Waals surface area contributed by atoms with Crippen LogP contribution in [0.1, 0.15) is 34.2 Å². The van der Waals surface area contributed by atoms with Gasteiger partial charge in [-0.2, -0.15) is 9.61 Å². The first-order valence-electron chi connectivity index (χ1n) is 8.75. The molecule has 2 heterocycles. The predicted molar refractivity (Wildman–Crippen MR) is 107 cm³/mol. The van der Waals surface area contributed by atoms with E-state index in [1.54, 1.807) is 4.52 Å². The van der Waals surface area contributed by atoms with Gasteiger partial charge in [0.15, 0.2) is 5.82 Å². The maximum Gasteiger partial charge on any atom is 0.255 e. The Hall–Kier alpha value is -3.06. The Morgan fingerprint density at radius 3 is 2.63 bits per heavy atom. The van der Waals surface area contributed by atoms with Crippen molar-refractivity contribution in [3.05, 3.63) is 65.0 Å². The topological polar surface area (TPSA) is 72.2 Å². The highest BCUT2D eigenvalue weighted by atomic mass is 32.1. The maximum absolute atomic E-state index is 12.6. The lowest BCUT2D eigenvalue weighted by Gasteiger charge is -2.10. The highest BCUT2D eigenvalue weighted by molar-refractivity contribution is 7.19. The molecule has 27 heavy (non-hydrogen) atoms. The fourth-order valence-corrected chi connectivity index (χ4v) is 3.64. The van der Waals surface area contributed by atoms with Gasteiger partial charge in [0.25, 0.3) is 5.91 Å². The number of amides is 1. The van der Waals surface area contributed by atoms with Gasteiger partial charge in [0, 0.05) is 23.2 Å². The summed E-state index contributed by atoms with van der Waals surface area (Å²) in [6, 6.07) is 13.5. The highest BCUT2D eigenvalue weighted by Crippen LogP contribution is 2.29. The third-order valence-corrected chi connectivity index (χ3v) is 5.37. The first kappa shape index (κ1) is 17.4. The summed E-state index contributed by atoms with van der Waals surface area (Å²) in [7, 11) is 0. The van der Waals surface area contributed by atoms with Crippen LogP contribution in [0.5, 0.6) is 0 Å². The summed E-state index contributed by atoms with van der Waals surface area (Å²) < 4.78 is 1.78. The van der Waals surface area contributed by atoms with Gasteiger partial charge in [0.2, 0.25) is 4.96 Å². The van der Waals surface area contributed by atoms with E-state index in [1.807, 2.05) is 63.2 Å². The van der Waals surface area contributed by atoms with Crippen molar-refractivity contribution in [2.24, 2.45) is 0 Å². The molecule has 0 aliphatic heterocycles. The van der Waals surface area contributed by atoms with Crippen molar-refractivity contribution >= 4 is 27.9 Å². The molecule has 0 atom stereocenters. The van der Waals surface area contributed by atoms with Crippen LogP contribution in [0.15, 0.2) is 42.5 Å². The molecule has 7 heteroatoms. The number of carbonyl (C=O) groups excluding carboxylic acids is 1. The first-order chi connectivity index (χ1) is 13.0. The molecule has 0 saturated heterocycles. The average Bonchev–Trinajstić information content (AvgIpc) is 3.24. The van der Waals surface area contributed by atoms with E-state index in [0.29, 0.717) is 5.56 Å². The number of aryl methyl sites for hydroxylation is 3. The summed E-state index contributed by atoms with van der Waals surface area (Å²) >= 11 is 1.48. The lowest BCUT2D eigenvalue weighted by Crippen LogP contribution is -2.12. The number of anilines is 1. The Balaban J connectivity index is 1.65. The quantitative estimate of drug-likeness (QED) is 0.576. The number of nitrogens with zero attached hydrogens (tertiary/aromatic N) is 4. The van der Waals surface area contributed by atoms with Crippen LogP contribution >= 0.6 is 11.3 Å². The number of fused-ring (bicyclic) bond motifs is 1. The fraction of sp³-hybridized carbons (Fsp3) is 0.200. The van der Waals surface area contributed by atoms with Crippen molar-refractivity contribution < 1.29 is 4.79 Å². The molecule has 0 aliphatic rings. The van der Waals surface area contributed by atoms with Crippen LogP contribution in [-0.4, -0.2) is 25.7 Å². The molecule has 0 unspecified atom stereocenters. The van der Waals surface area contributed by atoms with Crippen molar-refractivity contribution in [2.45, 2.75) is 27.2 Å². The Labute approximate surface area is 160 Å². The van der Waals surface area contributed by atoms with E-state index in [9.17, 15) is 4.79 Å². The van der Waals surface area contributed by atoms with E-state index in [1.165, 1.54) is 11.3 Å². The first-order valence-corrected chi connectivity index (χ1v) is 9.57. The van der Waals surface area contributed by atoms with Gasteiger partial charge in [-0.25, -0.2) is 0 Å². The number of rotatable bonds is 4. The minimum atomic E-state index is -0.123. The number of hydrogen-bond acceptors (Lipinski definition) is 5. The van der Waals surface area contributed by atoms with Crippen LogP contribution in [0.3, 0.4) is 0 Å². The summed E-state index contributed by atoms with van der Waals surface area (Å²) in [5.74, 6) is 0.717. The van der Waals surface area contributed by atoms with Gasteiger partial charge in [-0.05, 0) is 37.6 Å². The molecule has 0 aliphatic carbocycles. The smallest absolute Gasteiger partial charge is 0.255 e. The standard InChI is InChI=1S/C20H19N5OS/c1-4-17-22-23-20-25(17)24-19(27-20)15-10-7-13(3)16(11-15)21-18(26)14-8-5-12(2)6-9-14/h5-11H,4H2,1-3H3,(H,21,26). The van der Waals surface area contributed by atoms with Gasteiger partial charge >= 0.3 is 0 Å². The summed E-state index contributed by atoms with van der Waals surface area (Å²) in [4.78, 5) is 13.3. The second-order valence-electron chi connectivity index (χ2n) is 6.42. The molecular formula is C20H19N5OS. The Bertz CT molecular complexity index is 1130. The lowest BCUT2D eigenvalue weighted by molar-refractivity contribution is 0.102. The Morgan fingerprint density at radius 2 is 1.89 bits per heavy atom. The van der Waals surface area contributed by atoms with E-state index < -0.39 is 0 Å². The molecule has 0 bridgehead atoms. The third-order valence-electron chi connectivity index (χ3n) is 4.42. The fourth-order valence-electron chi connectivity index (χ4n) is 2.78. The van der Waals surface area contributed by atoms with Gasteiger partial charge in [-0.1, -0.05) is 48.1 Å². The van der Waals surface area contributed by atoms with Crippen LogP contribution < -0.4 is 5.32 Å². The Morgan fingerprint density at radius 1 is 1.11 bits per heavy atom. The normalized spacial score (nSPS) is 11.1. The number of aromatic nitrogens is 4. The number of benzene rings is 2. The zero-order valence-corrected chi connectivity index (χ0v) is 16.2. The lowest BCUT2D eigenvalue weighted by atomic mass is 10.1. The van der Waals surface area contributed by atoms with Gasteiger partial charge < -0.3 is 5.32 Å². The number of hydrogen-bond donors (Lipinski definition) is 1. The summed E-state index contributed by atoms with van der Waals surface area (Å²) in [6.45, 7) is 6.00. The van der Waals surface area contributed by atoms with Gasteiger partial charge in [-0.15, -0.1) is 10.2 Å². The summed E-state index contributed by atoms with van der Waals surface area (Å²) in [6.07, 6.45) is 0.774. The summed E-state index contributed by atoms with van der Waals surface area (Å²) in [5.41, 5.74) is 4.48.